The van der Waals surface area contributed by atoms with E-state index < -0.39 is 11.7 Å². The number of nitrogens with zero attached hydrogens (tertiary/aromatic N) is 2. The number of halogens is 1. The fraction of sp³-hybridized carbons (Fsp3) is 0.211. The number of amides is 2. The van der Waals surface area contributed by atoms with Crippen LogP contribution in [0.3, 0.4) is 0 Å². The number of carbonyl (C=O) groups excluding carboxylic acids is 2. The SMILES string of the molecule is Cc1ccccc1NC(=O)[C@@H]1CC(=O)N(c2n[nH]c3cccc(F)c23)C1. The quantitative estimate of drug-likeness (QED) is 0.761. The summed E-state index contributed by atoms with van der Waals surface area (Å²) in [6.07, 6.45) is 0.0700. The lowest BCUT2D eigenvalue weighted by Crippen LogP contribution is -2.28. The highest BCUT2D eigenvalue weighted by molar-refractivity contribution is 6.07. The van der Waals surface area contributed by atoms with E-state index in [0.717, 1.165) is 11.3 Å². The Labute approximate surface area is 149 Å². The number of anilines is 2. The first kappa shape index (κ1) is 16.3. The molecule has 0 bridgehead atoms. The number of hydrogen-bond acceptors (Lipinski definition) is 3. The normalized spacial score (nSPS) is 17.1. The molecule has 1 aliphatic rings. The summed E-state index contributed by atoms with van der Waals surface area (Å²) in [7, 11) is 0. The largest absolute Gasteiger partial charge is 0.326 e. The van der Waals surface area contributed by atoms with Crippen LogP contribution < -0.4 is 10.2 Å². The molecule has 1 fully saturated rings. The van der Waals surface area contributed by atoms with E-state index in [1.165, 1.54) is 11.0 Å². The minimum atomic E-state index is -0.513. The smallest absolute Gasteiger partial charge is 0.229 e. The van der Waals surface area contributed by atoms with Crippen LogP contribution in [-0.4, -0.2) is 28.6 Å². The standard InChI is InChI=1S/C19H17FN4O2/c1-11-5-2-3-7-14(11)21-19(26)12-9-16(25)24(10-12)18-17-13(20)6-4-8-15(17)22-23-18/h2-8,12H,9-10H2,1H3,(H,21,26)(H,22,23)/t12-/m1/s1. The van der Waals surface area contributed by atoms with Gasteiger partial charge in [0.25, 0.3) is 0 Å². The Morgan fingerprint density at radius 1 is 1.27 bits per heavy atom. The van der Waals surface area contributed by atoms with E-state index in [2.05, 4.69) is 15.5 Å². The Balaban J connectivity index is 1.57. The molecule has 1 atom stereocenters. The Bertz CT molecular complexity index is 1010. The van der Waals surface area contributed by atoms with Crippen molar-refractivity contribution in [2.75, 3.05) is 16.8 Å². The lowest BCUT2D eigenvalue weighted by Gasteiger charge is -2.15. The van der Waals surface area contributed by atoms with Crippen LogP contribution in [-0.2, 0) is 9.59 Å². The number of para-hydroxylation sites is 1. The Morgan fingerprint density at radius 2 is 2.08 bits per heavy atom. The van der Waals surface area contributed by atoms with Crippen molar-refractivity contribution >= 4 is 34.2 Å². The molecule has 132 valence electrons. The molecule has 0 aliphatic carbocycles. The van der Waals surface area contributed by atoms with E-state index in [9.17, 15) is 14.0 Å². The van der Waals surface area contributed by atoms with E-state index in [4.69, 9.17) is 0 Å². The van der Waals surface area contributed by atoms with Crippen LogP contribution in [0.25, 0.3) is 10.9 Å². The first-order chi connectivity index (χ1) is 12.5. The lowest BCUT2D eigenvalue weighted by atomic mass is 10.1. The summed E-state index contributed by atoms with van der Waals surface area (Å²) < 4.78 is 14.2. The van der Waals surface area contributed by atoms with Gasteiger partial charge >= 0.3 is 0 Å². The monoisotopic (exact) mass is 352 g/mol. The molecule has 7 heteroatoms. The molecule has 1 aromatic heterocycles. The molecule has 1 saturated heterocycles. The first-order valence-electron chi connectivity index (χ1n) is 8.34. The lowest BCUT2D eigenvalue weighted by molar-refractivity contribution is -0.122. The molecule has 2 N–H and O–H groups in total. The maximum Gasteiger partial charge on any atom is 0.229 e. The zero-order valence-corrected chi connectivity index (χ0v) is 14.1. The zero-order valence-electron chi connectivity index (χ0n) is 14.1. The van der Waals surface area contributed by atoms with E-state index >= 15 is 0 Å². The van der Waals surface area contributed by atoms with Crippen LogP contribution in [0.1, 0.15) is 12.0 Å². The van der Waals surface area contributed by atoms with Gasteiger partial charge in [0.05, 0.1) is 16.8 Å². The van der Waals surface area contributed by atoms with Crippen LogP contribution in [0.15, 0.2) is 42.5 Å². The van der Waals surface area contributed by atoms with E-state index in [-0.39, 0.29) is 36.0 Å². The van der Waals surface area contributed by atoms with Crippen LogP contribution in [0.5, 0.6) is 0 Å². The highest BCUT2D eigenvalue weighted by atomic mass is 19.1. The number of fused-ring (bicyclic) bond motifs is 1. The van der Waals surface area contributed by atoms with Crippen molar-refractivity contribution < 1.29 is 14.0 Å². The van der Waals surface area contributed by atoms with Gasteiger partial charge in [-0.25, -0.2) is 4.39 Å². The van der Waals surface area contributed by atoms with Gasteiger partial charge in [0, 0.05) is 18.7 Å². The molecule has 0 unspecified atom stereocenters. The molecule has 2 aromatic carbocycles. The predicted octanol–water partition coefficient (Wildman–Crippen LogP) is 3.00. The summed E-state index contributed by atoms with van der Waals surface area (Å²) in [5.74, 6) is -1.20. The van der Waals surface area contributed by atoms with E-state index in [1.807, 2.05) is 31.2 Å². The molecule has 4 rings (SSSR count). The zero-order chi connectivity index (χ0) is 18.3. The number of carbonyl (C=O) groups is 2. The summed E-state index contributed by atoms with van der Waals surface area (Å²) in [6.45, 7) is 2.07. The molecule has 26 heavy (non-hydrogen) atoms. The fourth-order valence-corrected chi connectivity index (χ4v) is 3.24. The van der Waals surface area contributed by atoms with Crippen molar-refractivity contribution in [2.24, 2.45) is 5.92 Å². The highest BCUT2D eigenvalue weighted by Crippen LogP contribution is 2.31. The number of aromatic nitrogens is 2. The third-order valence-electron chi connectivity index (χ3n) is 4.67. The first-order valence-corrected chi connectivity index (χ1v) is 8.34. The minimum Gasteiger partial charge on any atom is -0.326 e. The average Bonchev–Trinajstić information content (AvgIpc) is 3.21. The summed E-state index contributed by atoms with van der Waals surface area (Å²) in [5.41, 5.74) is 2.18. The maximum absolute atomic E-state index is 14.2. The summed E-state index contributed by atoms with van der Waals surface area (Å²) >= 11 is 0. The molecule has 2 amide bonds. The molecular weight excluding hydrogens is 335 g/mol. The fourth-order valence-electron chi connectivity index (χ4n) is 3.24. The van der Waals surface area contributed by atoms with Crippen molar-refractivity contribution in [3.05, 3.63) is 53.8 Å². The van der Waals surface area contributed by atoms with Crippen LogP contribution in [0, 0.1) is 18.7 Å². The second kappa shape index (κ2) is 6.25. The van der Waals surface area contributed by atoms with Crippen LogP contribution in [0.4, 0.5) is 15.9 Å². The molecule has 0 spiro atoms. The van der Waals surface area contributed by atoms with Gasteiger partial charge in [-0.3, -0.25) is 19.6 Å². The Hall–Kier alpha value is -3.22. The number of H-pyrrole nitrogens is 1. The van der Waals surface area contributed by atoms with Gasteiger partial charge in [-0.05, 0) is 30.7 Å². The van der Waals surface area contributed by atoms with Gasteiger partial charge in [-0.1, -0.05) is 24.3 Å². The average molecular weight is 352 g/mol. The van der Waals surface area contributed by atoms with Gasteiger partial charge in [0.2, 0.25) is 11.8 Å². The molecular formula is C19H17FN4O2. The maximum atomic E-state index is 14.2. The van der Waals surface area contributed by atoms with E-state index in [0.29, 0.717) is 5.52 Å². The number of aryl methyl sites for hydroxylation is 1. The molecule has 0 saturated carbocycles. The van der Waals surface area contributed by atoms with Gasteiger partial charge in [-0.15, -0.1) is 0 Å². The Morgan fingerprint density at radius 3 is 2.88 bits per heavy atom. The summed E-state index contributed by atoms with van der Waals surface area (Å²) in [6, 6.07) is 12.0. The highest BCUT2D eigenvalue weighted by Gasteiger charge is 2.37. The number of rotatable bonds is 3. The molecule has 0 radical (unpaired) electrons. The van der Waals surface area contributed by atoms with Gasteiger partial charge < -0.3 is 5.32 Å². The molecule has 3 aromatic rings. The summed E-state index contributed by atoms with van der Waals surface area (Å²) in [5, 5.41) is 9.95. The second-order valence-corrected chi connectivity index (χ2v) is 6.42. The van der Waals surface area contributed by atoms with Crippen LogP contribution >= 0.6 is 0 Å². The molecule has 1 aliphatic heterocycles. The van der Waals surface area contributed by atoms with Crippen molar-refractivity contribution in [2.45, 2.75) is 13.3 Å². The van der Waals surface area contributed by atoms with Crippen LogP contribution in [0.2, 0.25) is 0 Å². The van der Waals surface area contributed by atoms with Gasteiger partial charge in [0.15, 0.2) is 5.82 Å². The van der Waals surface area contributed by atoms with Crippen molar-refractivity contribution in [1.82, 2.24) is 10.2 Å². The predicted molar refractivity (Wildman–Crippen MR) is 96.3 cm³/mol. The number of aromatic amines is 1. The summed E-state index contributed by atoms with van der Waals surface area (Å²) in [4.78, 5) is 26.4. The van der Waals surface area contributed by atoms with Crippen molar-refractivity contribution in [1.29, 1.82) is 0 Å². The van der Waals surface area contributed by atoms with Crippen molar-refractivity contribution in [3.8, 4) is 0 Å². The van der Waals surface area contributed by atoms with Crippen molar-refractivity contribution in [3.63, 3.8) is 0 Å². The third-order valence-corrected chi connectivity index (χ3v) is 4.67. The molecule has 2 heterocycles. The van der Waals surface area contributed by atoms with E-state index in [1.54, 1.807) is 12.1 Å². The van der Waals surface area contributed by atoms with Gasteiger partial charge in [-0.2, -0.15) is 5.10 Å². The topological polar surface area (TPSA) is 78.1 Å². The number of nitrogens with one attached hydrogen (secondary N) is 2. The second-order valence-electron chi connectivity index (χ2n) is 6.42. The third kappa shape index (κ3) is 2.71. The number of hydrogen-bond donors (Lipinski definition) is 2. The Kier molecular flexibility index (Phi) is 3.91. The number of benzene rings is 2. The minimum absolute atomic E-state index is 0.0700. The van der Waals surface area contributed by atoms with Gasteiger partial charge in [0.1, 0.15) is 5.82 Å². The molecule has 6 nitrogen and oxygen atoms in total.